The molecule has 4 aromatic rings. The standard InChI is InChI=1S/C70H106O8/c1-63(2,3)49-35-43(36-50(59(49)73)64(4,5)6)25-29-47(30-26-44-37-51(65(7,8)9)60(74)52(38-44)66(10,11)12)77-57(71)33-34-58(72)78-48(31-27-45-39-53(67(13,14)15)61(75)54(40-45)68(16,17)18)32-28-46-41-55(69(19,20)21)62(76)56(42-46)70(22,23)24/h35-42,47-48,73-76H,25-34H2,1-24H3. The SMILES string of the molecule is CC(C)(C)c1cc(CCC(CCc2cc(C(C)(C)C)c(O)c(C(C)(C)C)c2)OC(=O)CCC(=O)OC(CCc2cc(C(C)(C)C)c(O)c(C(C)(C)C)c2)CCc2cc(C(C)(C)C)c(O)c(C(C)(C)C)c2)cc(C(C)(C)C)c1O. The molecule has 0 aliphatic heterocycles. The summed E-state index contributed by atoms with van der Waals surface area (Å²) in [5.74, 6) is 0.347. The van der Waals surface area contributed by atoms with Crippen LogP contribution in [0.3, 0.4) is 0 Å². The molecule has 78 heavy (non-hydrogen) atoms. The van der Waals surface area contributed by atoms with E-state index in [1.165, 1.54) is 0 Å². The number of aryl methyl sites for hydroxylation is 4. The van der Waals surface area contributed by atoms with Crippen LogP contribution in [0.25, 0.3) is 0 Å². The number of phenols is 4. The van der Waals surface area contributed by atoms with Crippen LogP contribution in [0.2, 0.25) is 0 Å². The molecular weight excluding hydrogens is 969 g/mol. The van der Waals surface area contributed by atoms with Gasteiger partial charge in [-0.15, -0.1) is 0 Å². The van der Waals surface area contributed by atoms with E-state index < -0.39 is 24.1 Å². The van der Waals surface area contributed by atoms with E-state index in [9.17, 15) is 30.0 Å². The molecule has 434 valence electrons. The molecule has 0 saturated heterocycles. The molecule has 0 spiro atoms. The van der Waals surface area contributed by atoms with Crippen molar-refractivity contribution in [3.8, 4) is 23.0 Å². The molecule has 4 aromatic carbocycles. The van der Waals surface area contributed by atoms with E-state index in [-0.39, 0.29) is 56.2 Å². The largest absolute Gasteiger partial charge is 0.507 e. The summed E-state index contributed by atoms with van der Waals surface area (Å²) in [6.07, 6.45) is 3.29. The Balaban J connectivity index is 1.67. The monoisotopic (exact) mass is 1070 g/mol. The van der Waals surface area contributed by atoms with Crippen LogP contribution in [0, 0.1) is 0 Å². The summed E-state index contributed by atoms with van der Waals surface area (Å²) in [5.41, 5.74) is 8.83. The third kappa shape index (κ3) is 17.8. The first-order valence-corrected chi connectivity index (χ1v) is 29.1. The minimum Gasteiger partial charge on any atom is -0.507 e. The second-order valence-corrected chi connectivity index (χ2v) is 31.0. The fourth-order valence-corrected chi connectivity index (χ4v) is 10.5. The Kier molecular flexibility index (Phi) is 20.2. The summed E-state index contributed by atoms with van der Waals surface area (Å²) in [7, 11) is 0. The van der Waals surface area contributed by atoms with Crippen LogP contribution in [-0.4, -0.2) is 44.6 Å². The van der Waals surface area contributed by atoms with Crippen molar-refractivity contribution in [1.82, 2.24) is 0 Å². The van der Waals surface area contributed by atoms with Crippen LogP contribution in [0.1, 0.15) is 271 Å². The zero-order valence-electron chi connectivity index (χ0n) is 53.3. The summed E-state index contributed by atoms with van der Waals surface area (Å²) in [6, 6.07) is 16.7. The maximum Gasteiger partial charge on any atom is 0.306 e. The van der Waals surface area contributed by atoms with Crippen molar-refractivity contribution in [2.75, 3.05) is 0 Å². The molecule has 8 nitrogen and oxygen atoms in total. The fraction of sp³-hybridized carbons (Fsp3) is 0.629. The fourth-order valence-electron chi connectivity index (χ4n) is 10.5. The number of hydrogen-bond acceptors (Lipinski definition) is 8. The summed E-state index contributed by atoms with van der Waals surface area (Å²) in [4.78, 5) is 28.2. The lowest BCUT2D eigenvalue weighted by Gasteiger charge is -2.29. The zero-order valence-corrected chi connectivity index (χ0v) is 53.3. The van der Waals surface area contributed by atoms with Crippen molar-refractivity contribution in [1.29, 1.82) is 0 Å². The predicted molar refractivity (Wildman–Crippen MR) is 324 cm³/mol. The molecule has 4 rings (SSSR count). The van der Waals surface area contributed by atoms with Crippen molar-refractivity contribution in [3.63, 3.8) is 0 Å². The second kappa shape index (κ2) is 24.0. The van der Waals surface area contributed by atoms with E-state index in [0.717, 1.165) is 66.8 Å². The topological polar surface area (TPSA) is 134 Å². The number of aromatic hydroxyl groups is 4. The number of hydrogen-bond donors (Lipinski definition) is 4. The lowest BCUT2D eigenvalue weighted by molar-refractivity contribution is -0.156. The van der Waals surface area contributed by atoms with Gasteiger partial charge in [-0.05, 0) is 161 Å². The molecule has 0 bridgehead atoms. The van der Waals surface area contributed by atoms with Gasteiger partial charge in [0.2, 0.25) is 0 Å². The highest BCUT2D eigenvalue weighted by molar-refractivity contribution is 5.78. The molecule has 0 amide bonds. The molecule has 8 heteroatoms. The normalized spacial score (nSPS) is 13.4. The van der Waals surface area contributed by atoms with Crippen molar-refractivity contribution in [2.45, 2.75) is 286 Å². The van der Waals surface area contributed by atoms with E-state index in [1.807, 2.05) is 0 Å². The smallest absolute Gasteiger partial charge is 0.306 e. The van der Waals surface area contributed by atoms with Gasteiger partial charge in [-0.1, -0.05) is 215 Å². The molecular formula is C70H106O8. The first-order valence-electron chi connectivity index (χ1n) is 29.1. The summed E-state index contributed by atoms with van der Waals surface area (Å²) in [5, 5.41) is 46.1. The van der Waals surface area contributed by atoms with E-state index in [4.69, 9.17) is 9.47 Å². The maximum absolute atomic E-state index is 14.1. The Hall–Kier alpha value is -4.98. The van der Waals surface area contributed by atoms with E-state index >= 15 is 0 Å². The lowest BCUT2D eigenvalue weighted by atomic mass is 9.77. The van der Waals surface area contributed by atoms with Gasteiger partial charge in [0.25, 0.3) is 0 Å². The molecule has 0 radical (unpaired) electrons. The Morgan fingerprint density at radius 1 is 0.308 bits per heavy atom. The van der Waals surface area contributed by atoms with Gasteiger partial charge in [0.05, 0.1) is 12.8 Å². The minimum absolute atomic E-state index is 0.144. The molecule has 0 heterocycles. The molecule has 0 unspecified atom stereocenters. The molecule has 0 fully saturated rings. The van der Waals surface area contributed by atoms with Crippen molar-refractivity contribution >= 4 is 11.9 Å². The van der Waals surface area contributed by atoms with Crippen molar-refractivity contribution in [3.05, 3.63) is 115 Å². The van der Waals surface area contributed by atoms with Gasteiger partial charge in [0.1, 0.15) is 35.2 Å². The molecule has 4 N–H and O–H groups in total. The highest BCUT2D eigenvalue weighted by atomic mass is 16.6. The van der Waals surface area contributed by atoms with Gasteiger partial charge in [-0.2, -0.15) is 0 Å². The minimum atomic E-state index is -0.487. The average molecular weight is 1080 g/mol. The maximum atomic E-state index is 14.1. The van der Waals surface area contributed by atoms with Crippen molar-refractivity contribution < 1.29 is 39.5 Å². The van der Waals surface area contributed by atoms with Gasteiger partial charge in [-0.25, -0.2) is 0 Å². The van der Waals surface area contributed by atoms with E-state index in [1.54, 1.807) is 0 Å². The van der Waals surface area contributed by atoms with Crippen LogP contribution in [-0.2, 0) is 88.1 Å². The zero-order chi connectivity index (χ0) is 59.7. The Morgan fingerprint density at radius 2 is 0.449 bits per heavy atom. The third-order valence-electron chi connectivity index (χ3n) is 15.3. The first-order chi connectivity index (χ1) is 35.2. The number of benzene rings is 4. The van der Waals surface area contributed by atoms with E-state index in [2.05, 4.69) is 215 Å². The number of phenolic OH excluding ortho intramolecular Hbond substituents is 4. The van der Waals surface area contributed by atoms with Gasteiger partial charge < -0.3 is 29.9 Å². The first kappa shape index (κ1) is 65.5. The number of ether oxygens (including phenoxy) is 2. The molecule has 0 aliphatic rings. The number of esters is 2. The highest BCUT2D eigenvalue weighted by Crippen LogP contribution is 2.44. The van der Waals surface area contributed by atoms with Crippen LogP contribution in [0.4, 0.5) is 0 Å². The number of carbonyl (C=O) groups excluding carboxylic acids is 2. The highest BCUT2D eigenvalue weighted by Gasteiger charge is 2.32. The van der Waals surface area contributed by atoms with Crippen LogP contribution in [0.15, 0.2) is 48.5 Å². The van der Waals surface area contributed by atoms with Gasteiger partial charge >= 0.3 is 11.9 Å². The summed E-state index contributed by atoms with van der Waals surface area (Å²) in [6.45, 7) is 50.5. The van der Waals surface area contributed by atoms with Gasteiger partial charge in [0, 0.05) is 0 Å². The summed E-state index contributed by atoms with van der Waals surface area (Å²) < 4.78 is 12.8. The molecule has 0 aliphatic carbocycles. The molecule has 0 atom stereocenters. The second-order valence-electron chi connectivity index (χ2n) is 31.0. The quantitative estimate of drug-likeness (QED) is 0.0769. The molecule has 0 aromatic heterocycles. The number of rotatable bonds is 17. The van der Waals surface area contributed by atoms with Crippen LogP contribution >= 0.6 is 0 Å². The van der Waals surface area contributed by atoms with Gasteiger partial charge in [-0.3, -0.25) is 9.59 Å². The van der Waals surface area contributed by atoms with E-state index in [0.29, 0.717) is 74.4 Å². The third-order valence-corrected chi connectivity index (χ3v) is 15.3. The predicted octanol–water partition coefficient (Wildman–Crippen LogP) is 17.3. The lowest BCUT2D eigenvalue weighted by Crippen LogP contribution is -2.24. The Bertz CT molecular complexity index is 2230. The Morgan fingerprint density at radius 3 is 0.577 bits per heavy atom. The van der Waals surface area contributed by atoms with Crippen LogP contribution < -0.4 is 0 Å². The average Bonchev–Trinajstić information content (AvgIpc) is 3.25. The molecule has 0 saturated carbocycles. The number of carbonyl (C=O) groups is 2. The van der Waals surface area contributed by atoms with Gasteiger partial charge in [0.15, 0.2) is 0 Å². The summed E-state index contributed by atoms with van der Waals surface area (Å²) >= 11 is 0. The van der Waals surface area contributed by atoms with Crippen molar-refractivity contribution in [2.24, 2.45) is 0 Å². The van der Waals surface area contributed by atoms with Crippen LogP contribution in [0.5, 0.6) is 23.0 Å². The Labute approximate surface area is 473 Å².